The number of halogens is 1. The fraction of sp³-hybridized carbons (Fsp3) is 0.320. The molecule has 3 aromatic rings. The number of nitrogens with zero attached hydrogens (tertiary/aromatic N) is 2. The fourth-order valence-corrected chi connectivity index (χ4v) is 4.98. The third-order valence-electron chi connectivity index (χ3n) is 6.46. The van der Waals surface area contributed by atoms with E-state index < -0.39 is 23.1 Å². The molecular formula is C25H24ClN3O5. The summed E-state index contributed by atoms with van der Waals surface area (Å²) in [6.07, 6.45) is 6.57. The molecule has 1 aliphatic heterocycles. The Morgan fingerprint density at radius 1 is 1.26 bits per heavy atom. The van der Waals surface area contributed by atoms with Crippen LogP contribution in [-0.4, -0.2) is 47.3 Å². The van der Waals surface area contributed by atoms with E-state index in [1.165, 1.54) is 26.4 Å². The number of pyridine rings is 1. The molecule has 0 amide bonds. The van der Waals surface area contributed by atoms with Gasteiger partial charge in [0, 0.05) is 49.1 Å². The van der Waals surface area contributed by atoms with Crippen LogP contribution in [0, 0.1) is 5.92 Å². The van der Waals surface area contributed by atoms with Crippen LogP contribution in [0.5, 0.6) is 17.2 Å². The lowest BCUT2D eigenvalue weighted by Crippen LogP contribution is -2.55. The highest BCUT2D eigenvalue weighted by atomic mass is 35.5. The Labute approximate surface area is 201 Å². The van der Waals surface area contributed by atoms with Crippen molar-refractivity contribution in [1.29, 1.82) is 0 Å². The van der Waals surface area contributed by atoms with E-state index in [0.29, 0.717) is 25.1 Å². The number of carbonyl (C=O) groups excluding carboxylic acids is 2. The minimum Gasteiger partial charge on any atom is -0.496 e. The first-order chi connectivity index (χ1) is 16.4. The zero-order valence-electron chi connectivity index (χ0n) is 19.1. The van der Waals surface area contributed by atoms with Crippen molar-refractivity contribution in [2.24, 2.45) is 5.92 Å². The predicted molar refractivity (Wildman–Crippen MR) is 126 cm³/mol. The summed E-state index contributed by atoms with van der Waals surface area (Å²) in [5.41, 5.74) is 1.10. The van der Waals surface area contributed by atoms with Crippen LogP contribution >= 0.6 is 11.6 Å². The zero-order valence-corrected chi connectivity index (χ0v) is 19.8. The number of ketones is 2. The van der Waals surface area contributed by atoms with Gasteiger partial charge in [-0.3, -0.25) is 9.59 Å². The highest BCUT2D eigenvalue weighted by molar-refractivity contribution is 6.36. The van der Waals surface area contributed by atoms with E-state index in [-0.39, 0.29) is 22.1 Å². The van der Waals surface area contributed by atoms with Gasteiger partial charge in [0.05, 0.1) is 19.9 Å². The molecule has 2 aromatic heterocycles. The summed E-state index contributed by atoms with van der Waals surface area (Å²) in [6, 6.07) is 7.38. The molecule has 1 spiro atoms. The van der Waals surface area contributed by atoms with Crippen LogP contribution in [0.4, 0.5) is 0 Å². The highest BCUT2D eigenvalue weighted by Gasteiger charge is 2.60. The third-order valence-corrected chi connectivity index (χ3v) is 6.82. The molecule has 0 unspecified atom stereocenters. The Morgan fingerprint density at radius 3 is 2.76 bits per heavy atom. The molecule has 0 bridgehead atoms. The molecular weight excluding hydrogens is 458 g/mol. The van der Waals surface area contributed by atoms with Crippen molar-refractivity contribution in [1.82, 2.24) is 14.7 Å². The van der Waals surface area contributed by atoms with Crippen molar-refractivity contribution >= 4 is 28.8 Å². The zero-order chi connectivity index (χ0) is 24.0. The van der Waals surface area contributed by atoms with E-state index in [1.54, 1.807) is 0 Å². The maximum Gasteiger partial charge on any atom is 0.236 e. The minimum absolute atomic E-state index is 0.125. The number of fused-ring (bicyclic) bond motifs is 2. The third kappa shape index (κ3) is 3.32. The maximum absolute atomic E-state index is 13.5. The number of allylic oxidation sites excluding steroid dienone is 1. The molecule has 1 aliphatic carbocycles. The highest BCUT2D eigenvalue weighted by Crippen LogP contribution is 2.52. The monoisotopic (exact) mass is 481 g/mol. The number of Topliss-reactive ketones (excluding diaryl/α,β-unsaturated/α-hetero) is 1. The number of hydrogen-bond donors (Lipinski definition) is 1. The van der Waals surface area contributed by atoms with Crippen LogP contribution in [0.1, 0.15) is 29.4 Å². The number of nitrogens with one attached hydrogen (secondary N) is 1. The summed E-state index contributed by atoms with van der Waals surface area (Å²) in [7, 11) is 2.90. The molecule has 8 nitrogen and oxygen atoms in total. The lowest BCUT2D eigenvalue weighted by Gasteiger charge is -2.35. The Bertz CT molecular complexity index is 1310. The summed E-state index contributed by atoms with van der Waals surface area (Å²) < 4.78 is 18.7. The summed E-state index contributed by atoms with van der Waals surface area (Å²) >= 11 is 6.43. The molecule has 3 heterocycles. The number of benzene rings is 1. The van der Waals surface area contributed by atoms with Gasteiger partial charge in [0.1, 0.15) is 27.7 Å². The first-order valence-electron chi connectivity index (χ1n) is 11.0. The molecule has 0 saturated carbocycles. The lowest BCUT2D eigenvalue weighted by molar-refractivity contribution is -0.129. The van der Waals surface area contributed by atoms with Crippen molar-refractivity contribution in [2.45, 2.75) is 25.4 Å². The van der Waals surface area contributed by atoms with Gasteiger partial charge in [-0.25, -0.2) is 4.98 Å². The van der Waals surface area contributed by atoms with Crippen molar-refractivity contribution in [3.05, 3.63) is 64.7 Å². The van der Waals surface area contributed by atoms with Crippen molar-refractivity contribution in [2.75, 3.05) is 20.8 Å². The molecule has 34 heavy (non-hydrogen) atoms. The number of methoxy groups -OCH3 is 2. The van der Waals surface area contributed by atoms with Crippen LogP contribution in [0.3, 0.4) is 0 Å². The second kappa shape index (κ2) is 8.36. The van der Waals surface area contributed by atoms with Crippen molar-refractivity contribution in [3.8, 4) is 17.2 Å². The Kier molecular flexibility index (Phi) is 5.48. The number of aromatic nitrogens is 2. The predicted octanol–water partition coefficient (Wildman–Crippen LogP) is 3.64. The van der Waals surface area contributed by atoms with Gasteiger partial charge in [0.2, 0.25) is 17.2 Å². The molecule has 2 atom stereocenters. The van der Waals surface area contributed by atoms with E-state index in [4.69, 9.17) is 25.8 Å². The van der Waals surface area contributed by atoms with Gasteiger partial charge in [0.15, 0.2) is 5.75 Å². The van der Waals surface area contributed by atoms with E-state index >= 15 is 0 Å². The maximum atomic E-state index is 13.5. The standard InChI is InChI=1S/C25H24ClN3O5/c1-14-10-16(27-8-7-15-13-29-9-5-4-6-20(29)28-15)11-19(30)25(14)24(31)21-17(32-2)12-18(33-3)22(26)23(21)34-25/h4-6,9,11-14,27H,7-8,10H2,1-3H3/t14-,25+/m1/s1. The molecule has 5 rings (SSSR count). The second-order valence-electron chi connectivity index (χ2n) is 8.48. The van der Waals surface area contributed by atoms with Crippen LogP contribution in [-0.2, 0) is 11.2 Å². The van der Waals surface area contributed by atoms with Gasteiger partial charge in [-0.1, -0.05) is 24.6 Å². The lowest BCUT2D eigenvalue weighted by atomic mass is 9.74. The van der Waals surface area contributed by atoms with Gasteiger partial charge < -0.3 is 23.9 Å². The average molecular weight is 482 g/mol. The molecule has 0 saturated heterocycles. The van der Waals surface area contributed by atoms with Crippen LogP contribution in [0.25, 0.3) is 5.65 Å². The molecule has 176 valence electrons. The van der Waals surface area contributed by atoms with Gasteiger partial charge >= 0.3 is 0 Å². The van der Waals surface area contributed by atoms with Gasteiger partial charge in [-0.05, 0) is 18.6 Å². The van der Waals surface area contributed by atoms with E-state index in [1.807, 2.05) is 41.9 Å². The number of carbonyl (C=O) groups is 2. The first kappa shape index (κ1) is 22.3. The number of imidazole rings is 1. The van der Waals surface area contributed by atoms with Crippen LogP contribution in [0.15, 0.2) is 48.4 Å². The van der Waals surface area contributed by atoms with E-state index in [9.17, 15) is 9.59 Å². The normalized spacial score (nSPS) is 21.4. The summed E-state index contributed by atoms with van der Waals surface area (Å²) in [6.45, 7) is 2.44. The quantitative estimate of drug-likeness (QED) is 0.537. The Balaban J connectivity index is 1.36. The van der Waals surface area contributed by atoms with Crippen molar-refractivity contribution in [3.63, 3.8) is 0 Å². The Hall–Kier alpha value is -3.52. The van der Waals surface area contributed by atoms with Gasteiger partial charge in [0.25, 0.3) is 0 Å². The SMILES string of the molecule is COc1cc(OC)c2c(c1Cl)O[C@@]1(C(=O)C=C(NCCc3cn4ccccc4n3)C[C@H]1C)C2=O. The number of hydrogen-bond acceptors (Lipinski definition) is 7. The molecule has 1 N–H and O–H groups in total. The smallest absolute Gasteiger partial charge is 0.236 e. The molecule has 2 aliphatic rings. The summed E-state index contributed by atoms with van der Waals surface area (Å²) in [5, 5.41) is 3.47. The van der Waals surface area contributed by atoms with E-state index in [0.717, 1.165) is 17.0 Å². The fourth-order valence-electron chi connectivity index (χ4n) is 4.71. The number of ether oxygens (including phenoxy) is 3. The molecule has 0 fully saturated rings. The minimum atomic E-state index is -1.67. The van der Waals surface area contributed by atoms with Crippen LogP contribution in [0.2, 0.25) is 5.02 Å². The Morgan fingerprint density at radius 2 is 2.06 bits per heavy atom. The largest absolute Gasteiger partial charge is 0.496 e. The molecule has 1 aromatic carbocycles. The molecule has 0 radical (unpaired) electrons. The molecule has 9 heteroatoms. The average Bonchev–Trinajstić information content (AvgIpc) is 3.38. The summed E-state index contributed by atoms with van der Waals surface area (Å²) in [5.74, 6) is -0.586. The number of rotatable bonds is 6. The van der Waals surface area contributed by atoms with Crippen molar-refractivity contribution < 1.29 is 23.8 Å². The first-order valence-corrected chi connectivity index (χ1v) is 11.4. The second-order valence-corrected chi connectivity index (χ2v) is 8.86. The summed E-state index contributed by atoms with van der Waals surface area (Å²) in [4.78, 5) is 31.5. The van der Waals surface area contributed by atoms with Gasteiger partial charge in [-0.15, -0.1) is 0 Å². The van der Waals surface area contributed by atoms with Crippen LogP contribution < -0.4 is 19.5 Å². The van der Waals surface area contributed by atoms with Gasteiger partial charge in [-0.2, -0.15) is 0 Å². The topological polar surface area (TPSA) is 91.2 Å². The van der Waals surface area contributed by atoms with E-state index in [2.05, 4.69) is 10.3 Å².